The molecule has 0 fully saturated rings. The van der Waals surface area contributed by atoms with E-state index < -0.39 is 0 Å². The van der Waals surface area contributed by atoms with Crippen molar-refractivity contribution in [2.45, 2.75) is 20.0 Å². The molecule has 0 radical (unpaired) electrons. The van der Waals surface area contributed by atoms with E-state index in [4.69, 9.17) is 21.6 Å². The van der Waals surface area contributed by atoms with E-state index in [2.05, 4.69) is 54.1 Å². The number of anilines is 2. The van der Waals surface area contributed by atoms with Crippen molar-refractivity contribution in [3.63, 3.8) is 0 Å². The molecule has 2 aromatic carbocycles. The van der Waals surface area contributed by atoms with E-state index in [1.54, 1.807) is 0 Å². The number of para-hydroxylation sites is 1. The van der Waals surface area contributed by atoms with E-state index in [1.165, 1.54) is 0 Å². The fourth-order valence-electron chi connectivity index (χ4n) is 3.48. The maximum absolute atomic E-state index is 6.09. The van der Waals surface area contributed by atoms with Crippen molar-refractivity contribution < 1.29 is 0 Å². The van der Waals surface area contributed by atoms with Gasteiger partial charge in [-0.25, -0.2) is 4.98 Å². The molecule has 0 aliphatic carbocycles. The first-order chi connectivity index (χ1) is 13.7. The Morgan fingerprint density at radius 1 is 0.964 bits per heavy atom. The monoisotopic (exact) mass is 390 g/mol. The molecule has 0 bridgehead atoms. The highest BCUT2D eigenvalue weighted by atomic mass is 35.5. The molecule has 0 spiro atoms. The third-order valence-corrected chi connectivity index (χ3v) is 5.27. The summed E-state index contributed by atoms with van der Waals surface area (Å²) in [7, 11) is 0. The maximum atomic E-state index is 6.09. The van der Waals surface area contributed by atoms with Crippen LogP contribution in [0.1, 0.15) is 25.6 Å². The summed E-state index contributed by atoms with van der Waals surface area (Å²) in [5.41, 5.74) is 2.09. The van der Waals surface area contributed by atoms with Crippen LogP contribution in [0, 0.1) is 0 Å². The average Bonchev–Trinajstić information content (AvgIpc) is 2.75. The summed E-state index contributed by atoms with van der Waals surface area (Å²) in [4.78, 5) is 14.1. The zero-order valence-corrected chi connectivity index (χ0v) is 16.8. The normalized spacial score (nSPS) is 15.4. The van der Waals surface area contributed by atoms with Crippen LogP contribution in [0.2, 0.25) is 5.02 Å². The minimum Gasteiger partial charge on any atom is -0.357 e. The molecule has 142 valence electrons. The number of benzene rings is 2. The highest BCUT2D eigenvalue weighted by molar-refractivity contribution is 6.30. The third kappa shape index (κ3) is 3.60. The van der Waals surface area contributed by atoms with Crippen LogP contribution in [0.4, 0.5) is 11.5 Å². The van der Waals surface area contributed by atoms with Gasteiger partial charge in [-0.05, 0) is 56.3 Å². The predicted octanol–water partition coefficient (Wildman–Crippen LogP) is 4.16. The Balaban J connectivity index is 1.78. The number of rotatable bonds is 5. The van der Waals surface area contributed by atoms with Crippen LogP contribution >= 0.6 is 11.6 Å². The lowest BCUT2D eigenvalue weighted by molar-refractivity contribution is 0.709. The van der Waals surface area contributed by atoms with Gasteiger partial charge in [0.2, 0.25) is 0 Å². The van der Waals surface area contributed by atoms with Crippen LogP contribution in [0.5, 0.6) is 0 Å². The van der Waals surface area contributed by atoms with Gasteiger partial charge in [0.1, 0.15) is 5.82 Å². The summed E-state index contributed by atoms with van der Waals surface area (Å²) in [5, 5.41) is 2.81. The first-order valence-electron chi connectivity index (χ1n) is 9.59. The molecule has 0 amide bonds. The van der Waals surface area contributed by atoms with Crippen LogP contribution in [-0.4, -0.2) is 18.1 Å². The van der Waals surface area contributed by atoms with Crippen LogP contribution in [-0.2, 0) is 0 Å². The number of hydrogen-bond donors (Lipinski definition) is 0. The Morgan fingerprint density at radius 2 is 1.71 bits per heavy atom. The van der Waals surface area contributed by atoms with Crippen molar-refractivity contribution in [1.82, 2.24) is 4.98 Å². The Hall–Kier alpha value is -2.85. The molecule has 0 N–H and O–H groups in total. The minimum absolute atomic E-state index is 0.172. The largest absolute Gasteiger partial charge is 0.357 e. The second-order valence-corrected chi connectivity index (χ2v) is 7.13. The molecule has 0 saturated carbocycles. The highest BCUT2D eigenvalue weighted by Gasteiger charge is 2.22. The summed E-state index contributed by atoms with van der Waals surface area (Å²) < 4.78 is 0. The van der Waals surface area contributed by atoms with E-state index in [0.29, 0.717) is 0 Å². The zero-order chi connectivity index (χ0) is 19.5. The standard InChI is InChI=1S/C23H23ClN4/c1-3-27(4-2)22-14-9-17(15-25-22)23-26-21-8-6-5-7-18(21)16-28(23)20-12-10-19(24)11-13-20/h5-16,23H,3-4H2,1-2H3. The van der Waals surface area contributed by atoms with Gasteiger partial charge in [0.25, 0.3) is 0 Å². The molecule has 0 saturated heterocycles. The van der Waals surface area contributed by atoms with Gasteiger partial charge in [-0.3, -0.25) is 4.99 Å². The second kappa shape index (κ2) is 8.03. The van der Waals surface area contributed by atoms with Gasteiger partial charge in [0, 0.05) is 47.0 Å². The van der Waals surface area contributed by atoms with Gasteiger partial charge in [0.05, 0.1) is 5.36 Å². The number of hydrogen-bond acceptors (Lipinski definition) is 4. The Kier molecular flexibility index (Phi) is 5.31. The number of nitrogens with zero attached hydrogens (tertiary/aromatic N) is 4. The summed E-state index contributed by atoms with van der Waals surface area (Å²) >= 11 is 6.09. The van der Waals surface area contributed by atoms with Gasteiger partial charge in [-0.2, -0.15) is 0 Å². The van der Waals surface area contributed by atoms with Crippen molar-refractivity contribution in [1.29, 1.82) is 0 Å². The van der Waals surface area contributed by atoms with Crippen molar-refractivity contribution in [2.24, 2.45) is 4.99 Å². The molecular weight excluding hydrogens is 368 g/mol. The van der Waals surface area contributed by atoms with Crippen molar-refractivity contribution in [3.8, 4) is 0 Å². The Morgan fingerprint density at radius 3 is 2.39 bits per heavy atom. The number of halogens is 1. The Labute approximate surface area is 170 Å². The minimum atomic E-state index is -0.172. The predicted molar refractivity (Wildman–Crippen MR) is 116 cm³/mol. The summed E-state index contributed by atoms with van der Waals surface area (Å²) in [6.07, 6.45) is 3.91. The van der Waals surface area contributed by atoms with Crippen LogP contribution in [0.25, 0.3) is 6.20 Å². The summed E-state index contributed by atoms with van der Waals surface area (Å²) in [6.45, 7) is 6.16. The van der Waals surface area contributed by atoms with E-state index in [1.807, 2.05) is 42.6 Å². The number of pyridine rings is 1. The van der Waals surface area contributed by atoms with Crippen molar-refractivity contribution in [2.75, 3.05) is 22.9 Å². The smallest absolute Gasteiger partial charge is 0.153 e. The topological polar surface area (TPSA) is 31.7 Å². The van der Waals surface area contributed by atoms with Gasteiger partial charge in [-0.1, -0.05) is 29.8 Å². The zero-order valence-electron chi connectivity index (χ0n) is 16.1. The van der Waals surface area contributed by atoms with E-state index in [-0.39, 0.29) is 6.17 Å². The molecule has 5 heteroatoms. The summed E-state index contributed by atoms with van der Waals surface area (Å²) in [6, 6.07) is 20.2. The van der Waals surface area contributed by atoms with Gasteiger partial charge < -0.3 is 9.80 Å². The maximum Gasteiger partial charge on any atom is 0.153 e. The van der Waals surface area contributed by atoms with Crippen molar-refractivity contribution >= 4 is 29.3 Å². The van der Waals surface area contributed by atoms with Crippen LogP contribution in [0.3, 0.4) is 0 Å². The molecule has 1 aliphatic heterocycles. The molecule has 1 unspecified atom stereocenters. The number of aromatic nitrogens is 1. The Bertz CT molecular complexity index is 1060. The lowest BCUT2D eigenvalue weighted by atomic mass is 10.1. The molecule has 2 heterocycles. The fraction of sp³-hybridized carbons (Fsp3) is 0.217. The van der Waals surface area contributed by atoms with E-state index >= 15 is 0 Å². The van der Waals surface area contributed by atoms with Crippen LogP contribution in [0.15, 0.2) is 71.9 Å². The molecule has 1 aliphatic rings. The molecule has 28 heavy (non-hydrogen) atoms. The highest BCUT2D eigenvalue weighted by Crippen LogP contribution is 2.30. The third-order valence-electron chi connectivity index (χ3n) is 5.02. The quantitative estimate of drug-likeness (QED) is 0.655. The van der Waals surface area contributed by atoms with Gasteiger partial charge >= 0.3 is 0 Å². The lowest BCUT2D eigenvalue weighted by Gasteiger charge is -2.30. The molecular formula is C23H23ClN4. The van der Waals surface area contributed by atoms with Gasteiger partial charge in [-0.15, -0.1) is 0 Å². The molecule has 4 nitrogen and oxygen atoms in total. The molecule has 1 atom stereocenters. The molecule has 4 rings (SSSR count). The average molecular weight is 391 g/mol. The first-order valence-corrected chi connectivity index (χ1v) is 9.97. The second-order valence-electron chi connectivity index (χ2n) is 6.70. The lowest BCUT2D eigenvalue weighted by Crippen LogP contribution is -2.37. The SMILES string of the molecule is CCN(CC)c1ccc(C2N=c3ccccc3=CN2c2ccc(Cl)cc2)cn1. The van der Waals surface area contributed by atoms with Crippen molar-refractivity contribution in [3.05, 3.63) is 88.0 Å². The number of fused-ring (bicyclic) bond motifs is 1. The molecule has 3 aromatic rings. The molecule has 1 aromatic heterocycles. The van der Waals surface area contributed by atoms with Crippen LogP contribution < -0.4 is 20.4 Å². The first kappa shape index (κ1) is 18.5. The van der Waals surface area contributed by atoms with Gasteiger partial charge in [0.15, 0.2) is 6.17 Å². The van der Waals surface area contributed by atoms with E-state index in [9.17, 15) is 0 Å². The summed E-state index contributed by atoms with van der Waals surface area (Å²) in [5.74, 6) is 0.993. The fourth-order valence-corrected chi connectivity index (χ4v) is 3.60. The van der Waals surface area contributed by atoms with E-state index in [0.717, 1.165) is 45.8 Å².